The van der Waals surface area contributed by atoms with Gasteiger partial charge in [0.2, 0.25) is 0 Å². The molecule has 24 heavy (non-hydrogen) atoms. The molecule has 4 nitrogen and oxygen atoms in total. The molecule has 0 radical (unpaired) electrons. The lowest BCUT2D eigenvalue weighted by molar-refractivity contribution is -0.137. The number of aliphatic carboxylic acids is 1. The zero-order valence-corrected chi connectivity index (χ0v) is 16.2. The van der Waals surface area contributed by atoms with E-state index in [1.54, 1.807) is 0 Å². The van der Waals surface area contributed by atoms with Crippen LogP contribution < -0.4 is 0 Å². The molecule has 0 saturated heterocycles. The third-order valence-corrected chi connectivity index (χ3v) is 4.77. The molecule has 0 aliphatic rings. The third-order valence-electron chi connectivity index (χ3n) is 4.77. The molecular formula is C20H40O4. The first kappa shape index (κ1) is 23.4. The third kappa shape index (κ3) is 14.9. The first-order chi connectivity index (χ1) is 11.6. The molecule has 2 unspecified atom stereocenters. The van der Waals surface area contributed by atoms with Gasteiger partial charge in [-0.15, -0.1) is 0 Å². The van der Waals surface area contributed by atoms with Crippen molar-refractivity contribution in [3.63, 3.8) is 0 Å². The quantitative estimate of drug-likeness (QED) is 0.330. The van der Waals surface area contributed by atoms with Gasteiger partial charge in [-0.1, -0.05) is 58.3 Å². The highest BCUT2D eigenvalue weighted by atomic mass is 16.5. The lowest BCUT2D eigenvalue weighted by Crippen LogP contribution is -2.17. The summed E-state index contributed by atoms with van der Waals surface area (Å²) in [5.74, 6) is -0.679. The van der Waals surface area contributed by atoms with Crippen molar-refractivity contribution >= 4 is 5.97 Å². The zero-order valence-electron chi connectivity index (χ0n) is 16.2. The summed E-state index contributed by atoms with van der Waals surface area (Å²) >= 11 is 0. The van der Waals surface area contributed by atoms with Crippen LogP contribution in [0.3, 0.4) is 0 Å². The first-order valence-corrected chi connectivity index (χ1v) is 9.91. The highest BCUT2D eigenvalue weighted by molar-refractivity contribution is 5.66. The predicted molar refractivity (Wildman–Crippen MR) is 99.5 cm³/mol. The summed E-state index contributed by atoms with van der Waals surface area (Å²) in [6, 6.07) is 0. The fourth-order valence-corrected chi connectivity index (χ4v) is 3.11. The van der Waals surface area contributed by atoms with E-state index in [0.29, 0.717) is 18.6 Å². The molecule has 0 aromatic rings. The van der Waals surface area contributed by atoms with Crippen LogP contribution in [0.1, 0.15) is 96.8 Å². The number of rotatable bonds is 18. The fourth-order valence-electron chi connectivity index (χ4n) is 3.11. The Morgan fingerprint density at radius 2 is 1.21 bits per heavy atom. The van der Waals surface area contributed by atoms with Crippen LogP contribution in [0.15, 0.2) is 0 Å². The van der Waals surface area contributed by atoms with Gasteiger partial charge >= 0.3 is 5.97 Å². The van der Waals surface area contributed by atoms with Crippen molar-refractivity contribution in [2.45, 2.75) is 109 Å². The molecule has 1 N–H and O–H groups in total. The molecule has 144 valence electrons. The van der Waals surface area contributed by atoms with Crippen molar-refractivity contribution in [2.75, 3.05) is 14.2 Å². The maximum Gasteiger partial charge on any atom is 0.303 e. The molecule has 0 saturated carbocycles. The van der Waals surface area contributed by atoms with Crippen molar-refractivity contribution in [2.24, 2.45) is 0 Å². The number of hydrogen-bond acceptors (Lipinski definition) is 3. The molecule has 4 heteroatoms. The van der Waals surface area contributed by atoms with Gasteiger partial charge in [0.1, 0.15) is 0 Å². The zero-order chi connectivity index (χ0) is 18.0. The number of unbranched alkanes of at least 4 members (excludes halogenated alkanes) is 7. The van der Waals surface area contributed by atoms with Gasteiger partial charge in [0, 0.05) is 20.6 Å². The number of methoxy groups -OCH3 is 2. The van der Waals surface area contributed by atoms with E-state index in [1.807, 2.05) is 14.2 Å². The highest BCUT2D eigenvalue weighted by Gasteiger charge is 2.12. The van der Waals surface area contributed by atoms with Gasteiger partial charge in [-0.2, -0.15) is 0 Å². The van der Waals surface area contributed by atoms with Crippen LogP contribution in [0, 0.1) is 0 Å². The van der Waals surface area contributed by atoms with E-state index in [2.05, 4.69) is 6.92 Å². The summed E-state index contributed by atoms with van der Waals surface area (Å²) < 4.78 is 11.2. The van der Waals surface area contributed by atoms with Crippen molar-refractivity contribution in [1.82, 2.24) is 0 Å². The van der Waals surface area contributed by atoms with Crippen molar-refractivity contribution in [1.29, 1.82) is 0 Å². The van der Waals surface area contributed by atoms with E-state index < -0.39 is 5.97 Å². The normalized spacial score (nSPS) is 13.8. The molecule has 0 spiro atoms. The second-order valence-corrected chi connectivity index (χ2v) is 6.84. The second-order valence-electron chi connectivity index (χ2n) is 6.84. The van der Waals surface area contributed by atoms with Gasteiger partial charge in [0.05, 0.1) is 12.2 Å². The Morgan fingerprint density at radius 3 is 1.67 bits per heavy atom. The average molecular weight is 345 g/mol. The van der Waals surface area contributed by atoms with Gasteiger partial charge in [-0.25, -0.2) is 0 Å². The van der Waals surface area contributed by atoms with Crippen molar-refractivity contribution in [3.05, 3.63) is 0 Å². The van der Waals surface area contributed by atoms with Crippen LogP contribution in [0.4, 0.5) is 0 Å². The largest absolute Gasteiger partial charge is 0.481 e. The minimum atomic E-state index is -0.679. The molecular weight excluding hydrogens is 304 g/mol. The highest BCUT2D eigenvalue weighted by Crippen LogP contribution is 2.18. The molecule has 0 aliphatic heterocycles. The van der Waals surface area contributed by atoms with Crippen molar-refractivity contribution < 1.29 is 19.4 Å². The van der Waals surface area contributed by atoms with Crippen LogP contribution in [0.5, 0.6) is 0 Å². The molecule has 0 amide bonds. The van der Waals surface area contributed by atoms with Gasteiger partial charge in [0.25, 0.3) is 0 Å². The van der Waals surface area contributed by atoms with E-state index in [0.717, 1.165) is 44.9 Å². The summed E-state index contributed by atoms with van der Waals surface area (Å²) in [5.41, 5.74) is 0. The molecule has 0 rings (SSSR count). The number of ether oxygens (including phenoxy) is 2. The maximum atomic E-state index is 10.4. The van der Waals surface area contributed by atoms with Gasteiger partial charge < -0.3 is 14.6 Å². The summed E-state index contributed by atoms with van der Waals surface area (Å²) in [4.78, 5) is 10.4. The minimum absolute atomic E-state index is 0.310. The lowest BCUT2D eigenvalue weighted by Gasteiger charge is -2.20. The van der Waals surface area contributed by atoms with Gasteiger partial charge in [0.15, 0.2) is 0 Å². The molecule has 2 atom stereocenters. The number of carboxylic acid groups (broad SMARTS) is 1. The monoisotopic (exact) mass is 344 g/mol. The molecule has 0 aliphatic carbocycles. The molecule has 0 aromatic heterocycles. The smallest absolute Gasteiger partial charge is 0.303 e. The fraction of sp³-hybridized carbons (Fsp3) is 0.950. The Kier molecular flexibility index (Phi) is 16.8. The van der Waals surface area contributed by atoms with E-state index in [1.165, 1.54) is 38.5 Å². The Labute approximate surface area is 149 Å². The number of carbonyl (C=O) groups is 1. The van der Waals surface area contributed by atoms with Crippen molar-refractivity contribution in [3.8, 4) is 0 Å². The molecule has 0 aromatic carbocycles. The molecule has 0 heterocycles. The summed E-state index contributed by atoms with van der Waals surface area (Å²) in [7, 11) is 3.64. The predicted octanol–water partition coefficient (Wildman–Crippen LogP) is 5.58. The summed E-state index contributed by atoms with van der Waals surface area (Å²) in [6.07, 6.45) is 15.9. The topological polar surface area (TPSA) is 55.8 Å². The van der Waals surface area contributed by atoms with E-state index in [9.17, 15) is 4.79 Å². The lowest BCUT2D eigenvalue weighted by atomic mass is 10.00. The van der Waals surface area contributed by atoms with Gasteiger partial charge in [-0.3, -0.25) is 4.79 Å². The Morgan fingerprint density at radius 1 is 0.750 bits per heavy atom. The van der Waals surface area contributed by atoms with E-state index in [-0.39, 0.29) is 0 Å². The van der Waals surface area contributed by atoms with Crippen LogP contribution in [0.2, 0.25) is 0 Å². The minimum Gasteiger partial charge on any atom is -0.481 e. The van der Waals surface area contributed by atoms with E-state index in [4.69, 9.17) is 14.6 Å². The maximum absolute atomic E-state index is 10.4. The first-order valence-electron chi connectivity index (χ1n) is 9.91. The van der Waals surface area contributed by atoms with Crippen LogP contribution in [-0.4, -0.2) is 37.5 Å². The second kappa shape index (κ2) is 17.2. The van der Waals surface area contributed by atoms with Crippen LogP contribution >= 0.6 is 0 Å². The summed E-state index contributed by atoms with van der Waals surface area (Å²) in [5, 5.41) is 8.59. The average Bonchev–Trinajstić information content (AvgIpc) is 2.57. The van der Waals surface area contributed by atoms with Gasteiger partial charge in [-0.05, 0) is 32.1 Å². The molecule has 0 fully saturated rings. The van der Waals surface area contributed by atoms with Crippen LogP contribution in [-0.2, 0) is 14.3 Å². The Balaban J connectivity index is 3.62. The summed E-state index contributed by atoms with van der Waals surface area (Å²) in [6.45, 7) is 2.23. The van der Waals surface area contributed by atoms with E-state index >= 15 is 0 Å². The SMILES string of the molecule is CCCCCC(CCC(CCCCCCCCC(=O)O)OC)OC. The number of carboxylic acids is 1. The Bertz CT molecular complexity index is 281. The number of hydrogen-bond donors (Lipinski definition) is 1. The standard InChI is InChI=1S/C20H40O4/c1-4-5-10-13-18(23-2)16-17-19(24-3)14-11-8-6-7-9-12-15-20(21)22/h18-19H,4-17H2,1-3H3,(H,21,22). The van der Waals surface area contributed by atoms with Crippen LogP contribution in [0.25, 0.3) is 0 Å². The molecule has 0 bridgehead atoms. The Hall–Kier alpha value is -0.610.